The van der Waals surface area contributed by atoms with Gasteiger partial charge in [-0.3, -0.25) is 4.79 Å². The molecule has 0 saturated carbocycles. The number of fused-ring (bicyclic) bond motifs is 4. The Morgan fingerprint density at radius 2 is 2.07 bits per heavy atom. The largest absolute Gasteiger partial charge is 0.311 e. The second kappa shape index (κ2) is 6.91. The molecule has 27 heavy (non-hydrogen) atoms. The Balaban J connectivity index is 1.44. The van der Waals surface area contributed by atoms with E-state index >= 15 is 0 Å². The molecule has 0 saturated heterocycles. The zero-order chi connectivity index (χ0) is 18.4. The van der Waals surface area contributed by atoms with Crippen molar-refractivity contribution in [1.29, 1.82) is 0 Å². The number of rotatable bonds is 3. The molecule has 2 aromatic heterocycles. The second-order valence-corrected chi connectivity index (χ2v) is 9.61. The van der Waals surface area contributed by atoms with Gasteiger partial charge >= 0.3 is 0 Å². The van der Waals surface area contributed by atoms with Crippen molar-refractivity contribution in [1.82, 2.24) is 9.97 Å². The van der Waals surface area contributed by atoms with Crippen LogP contribution in [0, 0.1) is 0 Å². The summed E-state index contributed by atoms with van der Waals surface area (Å²) in [5.41, 5.74) is 3.76. The highest BCUT2D eigenvalue weighted by Crippen LogP contribution is 2.41. The summed E-state index contributed by atoms with van der Waals surface area (Å²) in [4.78, 5) is 26.8. The van der Waals surface area contributed by atoms with Crippen LogP contribution >= 0.6 is 23.1 Å². The molecule has 2 aliphatic rings. The highest BCUT2D eigenvalue weighted by atomic mass is 32.2. The first kappa shape index (κ1) is 17.2. The molecule has 5 rings (SSSR count). The van der Waals surface area contributed by atoms with Crippen molar-refractivity contribution in [2.45, 2.75) is 49.3 Å². The van der Waals surface area contributed by atoms with Crippen molar-refractivity contribution in [3.63, 3.8) is 0 Å². The van der Waals surface area contributed by atoms with Crippen LogP contribution in [0.25, 0.3) is 10.2 Å². The molecule has 1 aliphatic heterocycles. The normalized spacial score (nSPS) is 17.0. The summed E-state index contributed by atoms with van der Waals surface area (Å²) in [6.45, 7) is 2.80. The Bertz CT molecular complexity index is 1030. The molecule has 1 atom stereocenters. The number of para-hydroxylation sites is 1. The first-order valence-corrected chi connectivity index (χ1v) is 11.2. The molecule has 0 spiro atoms. The van der Waals surface area contributed by atoms with Crippen LogP contribution in [0.3, 0.4) is 0 Å². The molecule has 6 heteroatoms. The lowest BCUT2D eigenvalue weighted by atomic mass is 10.0. The van der Waals surface area contributed by atoms with E-state index in [9.17, 15) is 4.79 Å². The minimum atomic E-state index is -0.175. The van der Waals surface area contributed by atoms with Crippen molar-refractivity contribution in [3.05, 3.63) is 46.6 Å². The second-order valence-electron chi connectivity index (χ2n) is 7.20. The van der Waals surface area contributed by atoms with Crippen molar-refractivity contribution >= 4 is 44.9 Å². The number of aromatic nitrogens is 2. The van der Waals surface area contributed by atoms with Crippen LogP contribution in [-0.2, 0) is 24.1 Å². The van der Waals surface area contributed by atoms with Gasteiger partial charge in [0.1, 0.15) is 16.2 Å². The van der Waals surface area contributed by atoms with E-state index in [0.29, 0.717) is 0 Å². The number of hydrogen-bond acceptors (Lipinski definition) is 5. The zero-order valence-electron chi connectivity index (χ0n) is 15.3. The van der Waals surface area contributed by atoms with E-state index in [-0.39, 0.29) is 11.2 Å². The highest BCUT2D eigenvalue weighted by molar-refractivity contribution is 8.00. The average Bonchev–Trinajstić information content (AvgIpc) is 3.28. The van der Waals surface area contributed by atoms with E-state index in [1.54, 1.807) is 29.4 Å². The number of thioether (sulfide) groups is 1. The molecule has 0 bridgehead atoms. The van der Waals surface area contributed by atoms with Crippen LogP contribution in [0.15, 0.2) is 35.6 Å². The standard InChI is InChI=1S/C21H21N3OS2/c1-13(21(25)24-11-5-7-14-6-2-3-9-16(14)24)26-19-18-15-8-4-10-17(15)27-20(18)23-12-22-19/h2-3,6,9,12-13H,4-5,7-8,10-11H2,1H3. The third-order valence-electron chi connectivity index (χ3n) is 5.48. The number of anilines is 1. The summed E-state index contributed by atoms with van der Waals surface area (Å²) in [6.07, 6.45) is 7.20. The minimum absolute atomic E-state index is 0.172. The fourth-order valence-corrected chi connectivity index (χ4v) is 6.49. The van der Waals surface area contributed by atoms with Gasteiger partial charge in [-0.1, -0.05) is 30.0 Å². The van der Waals surface area contributed by atoms with Gasteiger partial charge in [0, 0.05) is 22.5 Å². The monoisotopic (exact) mass is 395 g/mol. The molecule has 0 N–H and O–H groups in total. The minimum Gasteiger partial charge on any atom is -0.311 e. The summed E-state index contributed by atoms with van der Waals surface area (Å²) in [6, 6.07) is 8.28. The number of benzene rings is 1. The lowest BCUT2D eigenvalue weighted by molar-refractivity contribution is -0.117. The van der Waals surface area contributed by atoms with Crippen LogP contribution in [-0.4, -0.2) is 27.7 Å². The first-order valence-electron chi connectivity index (χ1n) is 9.53. The molecule has 4 nitrogen and oxygen atoms in total. The lowest BCUT2D eigenvalue weighted by Crippen LogP contribution is -2.40. The predicted molar refractivity (Wildman–Crippen MR) is 112 cm³/mol. The fraction of sp³-hybridized carbons (Fsp3) is 0.381. The SMILES string of the molecule is CC(Sc1ncnc2sc3c(c12)CCC3)C(=O)N1CCCc2ccccc21. The van der Waals surface area contributed by atoms with Gasteiger partial charge in [0.15, 0.2) is 0 Å². The Labute approximate surface area is 167 Å². The Morgan fingerprint density at radius 3 is 3.00 bits per heavy atom. The summed E-state index contributed by atoms with van der Waals surface area (Å²) >= 11 is 3.38. The van der Waals surface area contributed by atoms with Crippen molar-refractivity contribution in [2.75, 3.05) is 11.4 Å². The van der Waals surface area contributed by atoms with E-state index in [1.807, 2.05) is 17.9 Å². The molecule has 138 valence electrons. The van der Waals surface area contributed by atoms with E-state index in [4.69, 9.17) is 0 Å². The maximum Gasteiger partial charge on any atom is 0.240 e. The van der Waals surface area contributed by atoms with Crippen LogP contribution < -0.4 is 4.90 Å². The van der Waals surface area contributed by atoms with Crippen LogP contribution in [0.5, 0.6) is 0 Å². The summed E-state index contributed by atoms with van der Waals surface area (Å²) < 4.78 is 0. The number of thiophene rings is 1. The number of carbonyl (C=O) groups is 1. The number of hydrogen-bond donors (Lipinski definition) is 0. The Kier molecular flexibility index (Phi) is 4.40. The molecule has 1 aliphatic carbocycles. The van der Waals surface area contributed by atoms with Crippen LogP contribution in [0.1, 0.15) is 35.8 Å². The molecule has 3 aromatic rings. The van der Waals surface area contributed by atoms with E-state index in [1.165, 1.54) is 27.8 Å². The number of aryl methyl sites for hydroxylation is 3. The quantitative estimate of drug-likeness (QED) is 0.479. The maximum atomic E-state index is 13.2. The molecular weight excluding hydrogens is 374 g/mol. The van der Waals surface area contributed by atoms with Gasteiger partial charge in [0.05, 0.1) is 5.25 Å². The molecule has 1 aromatic carbocycles. The molecule has 0 radical (unpaired) electrons. The topological polar surface area (TPSA) is 46.1 Å². The van der Waals surface area contributed by atoms with Gasteiger partial charge in [-0.2, -0.15) is 0 Å². The first-order chi connectivity index (χ1) is 13.2. The van der Waals surface area contributed by atoms with Crippen LogP contribution in [0.2, 0.25) is 0 Å². The fourth-order valence-electron chi connectivity index (χ4n) is 4.19. The van der Waals surface area contributed by atoms with Gasteiger partial charge in [-0.05, 0) is 56.2 Å². The molecule has 1 amide bonds. The third kappa shape index (κ3) is 2.95. The Hall–Kier alpha value is -1.92. The van der Waals surface area contributed by atoms with Crippen LogP contribution in [0.4, 0.5) is 5.69 Å². The Morgan fingerprint density at radius 1 is 1.19 bits per heavy atom. The molecular formula is C21H21N3OS2. The van der Waals surface area contributed by atoms with E-state index < -0.39 is 0 Å². The molecule has 3 heterocycles. The predicted octanol–water partition coefficient (Wildman–Crippen LogP) is 4.64. The summed E-state index contributed by atoms with van der Waals surface area (Å²) in [5.74, 6) is 0.172. The number of carbonyl (C=O) groups excluding carboxylic acids is 1. The highest BCUT2D eigenvalue weighted by Gasteiger charge is 2.28. The molecule has 0 fully saturated rings. The van der Waals surface area contributed by atoms with E-state index in [2.05, 4.69) is 28.2 Å². The summed E-state index contributed by atoms with van der Waals surface area (Å²) in [5, 5.41) is 1.98. The van der Waals surface area contributed by atoms with Crippen molar-refractivity contribution in [2.24, 2.45) is 0 Å². The number of amides is 1. The van der Waals surface area contributed by atoms with E-state index in [0.717, 1.165) is 47.8 Å². The molecule has 1 unspecified atom stereocenters. The lowest BCUT2D eigenvalue weighted by Gasteiger charge is -2.31. The zero-order valence-corrected chi connectivity index (χ0v) is 16.9. The van der Waals surface area contributed by atoms with Crippen molar-refractivity contribution in [3.8, 4) is 0 Å². The maximum absolute atomic E-state index is 13.2. The van der Waals surface area contributed by atoms with Gasteiger partial charge in [0.2, 0.25) is 5.91 Å². The van der Waals surface area contributed by atoms with Gasteiger partial charge in [-0.25, -0.2) is 9.97 Å². The van der Waals surface area contributed by atoms with Gasteiger partial charge in [-0.15, -0.1) is 11.3 Å². The number of nitrogens with zero attached hydrogens (tertiary/aromatic N) is 3. The smallest absolute Gasteiger partial charge is 0.240 e. The van der Waals surface area contributed by atoms with Gasteiger partial charge in [0.25, 0.3) is 0 Å². The van der Waals surface area contributed by atoms with Crippen molar-refractivity contribution < 1.29 is 4.79 Å². The average molecular weight is 396 g/mol. The summed E-state index contributed by atoms with van der Waals surface area (Å²) in [7, 11) is 0. The third-order valence-corrected chi connectivity index (χ3v) is 7.77. The van der Waals surface area contributed by atoms with Gasteiger partial charge < -0.3 is 4.90 Å².